The quantitative estimate of drug-likeness (QED) is 0.354. The molecule has 0 atom stereocenters. The summed E-state index contributed by atoms with van der Waals surface area (Å²) in [7, 11) is 1.56. The van der Waals surface area contributed by atoms with Gasteiger partial charge >= 0.3 is 5.69 Å². The summed E-state index contributed by atoms with van der Waals surface area (Å²) in [5, 5.41) is 4.41. The highest BCUT2D eigenvalue weighted by atomic mass is 16.5. The molecular weight excluding hydrogens is 396 g/mol. The number of ether oxygens (including phenoxy) is 1. The maximum Gasteiger partial charge on any atom is 0.329 e. The highest BCUT2D eigenvalue weighted by Gasteiger charge is 2.17. The number of aromatic amines is 1. The van der Waals surface area contributed by atoms with Gasteiger partial charge in [-0.05, 0) is 24.6 Å². The molecule has 0 aliphatic rings. The molecule has 9 nitrogen and oxygen atoms in total. The molecule has 158 valence electrons. The average molecular weight is 418 g/mol. The van der Waals surface area contributed by atoms with Crippen molar-refractivity contribution in [1.29, 1.82) is 0 Å². The number of aryl methyl sites for hydroxylation is 1. The summed E-state index contributed by atoms with van der Waals surface area (Å²) < 4.78 is 8.74. The van der Waals surface area contributed by atoms with Crippen LogP contribution in [0.3, 0.4) is 0 Å². The Morgan fingerprint density at radius 1 is 1.10 bits per heavy atom. The van der Waals surface area contributed by atoms with Gasteiger partial charge in [-0.1, -0.05) is 48.5 Å². The maximum absolute atomic E-state index is 12.5. The summed E-state index contributed by atoms with van der Waals surface area (Å²) >= 11 is 0. The minimum Gasteiger partial charge on any atom is -0.492 e. The zero-order valence-corrected chi connectivity index (χ0v) is 17.2. The van der Waals surface area contributed by atoms with Crippen LogP contribution in [-0.2, 0) is 13.6 Å². The SMILES string of the molecule is C/C(=N/Nc1nc2c(c(=O)[nH]c(=O)n2C)n1CCOc1ccccc1)c1ccccc1. The molecule has 0 spiro atoms. The lowest BCUT2D eigenvalue weighted by Crippen LogP contribution is -2.29. The van der Waals surface area contributed by atoms with Gasteiger partial charge < -0.3 is 4.74 Å². The first kappa shape index (κ1) is 20.1. The first-order chi connectivity index (χ1) is 15.0. The zero-order chi connectivity index (χ0) is 21.8. The molecule has 2 heterocycles. The standard InChI is InChI=1S/C22H22N6O3/c1-15(16-9-5-3-6-10-16)25-26-21-23-19-18(20(29)24-22(30)27(19)2)28(21)13-14-31-17-11-7-4-8-12-17/h3-12H,13-14H2,1-2H3,(H,23,26)(H,24,29,30)/b25-15-. The molecular formula is C22H22N6O3. The molecule has 0 aliphatic carbocycles. The van der Waals surface area contributed by atoms with Crippen LogP contribution in [0, 0.1) is 0 Å². The normalized spacial score (nSPS) is 11.6. The number of nitrogens with one attached hydrogen (secondary N) is 2. The van der Waals surface area contributed by atoms with E-state index in [1.807, 2.05) is 67.6 Å². The van der Waals surface area contributed by atoms with Gasteiger partial charge in [0, 0.05) is 7.05 Å². The summed E-state index contributed by atoms with van der Waals surface area (Å²) in [6.45, 7) is 2.50. The lowest BCUT2D eigenvalue weighted by Gasteiger charge is -2.10. The molecule has 0 aliphatic heterocycles. The van der Waals surface area contributed by atoms with Crippen LogP contribution in [-0.4, -0.2) is 31.4 Å². The number of rotatable bonds is 7. The van der Waals surface area contributed by atoms with Gasteiger partial charge in [0.2, 0.25) is 5.95 Å². The molecule has 2 aromatic carbocycles. The molecule has 31 heavy (non-hydrogen) atoms. The number of hydrazone groups is 1. The number of anilines is 1. The number of aromatic nitrogens is 4. The number of H-pyrrole nitrogens is 1. The van der Waals surface area contributed by atoms with Crippen LogP contribution in [0.25, 0.3) is 11.2 Å². The van der Waals surface area contributed by atoms with E-state index >= 15 is 0 Å². The molecule has 2 N–H and O–H groups in total. The Labute approximate surface area is 177 Å². The summed E-state index contributed by atoms with van der Waals surface area (Å²) in [5.41, 5.74) is 4.14. The van der Waals surface area contributed by atoms with E-state index in [1.54, 1.807) is 11.6 Å². The molecule has 4 aromatic rings. The van der Waals surface area contributed by atoms with E-state index in [9.17, 15) is 9.59 Å². The van der Waals surface area contributed by atoms with Gasteiger partial charge in [0.05, 0.1) is 12.3 Å². The smallest absolute Gasteiger partial charge is 0.329 e. The third-order valence-corrected chi connectivity index (χ3v) is 4.85. The van der Waals surface area contributed by atoms with Crippen molar-refractivity contribution in [3.8, 4) is 5.75 Å². The predicted octanol–water partition coefficient (Wildman–Crippen LogP) is 2.34. The topological polar surface area (TPSA) is 106 Å². The van der Waals surface area contributed by atoms with Gasteiger partial charge in [0.1, 0.15) is 12.4 Å². The van der Waals surface area contributed by atoms with Crippen molar-refractivity contribution in [3.05, 3.63) is 87.1 Å². The van der Waals surface area contributed by atoms with Gasteiger partial charge in [-0.3, -0.25) is 18.9 Å². The number of fused-ring (bicyclic) bond motifs is 1. The van der Waals surface area contributed by atoms with Gasteiger partial charge in [-0.25, -0.2) is 10.2 Å². The number of benzene rings is 2. The monoisotopic (exact) mass is 418 g/mol. The fourth-order valence-corrected chi connectivity index (χ4v) is 3.19. The zero-order valence-electron chi connectivity index (χ0n) is 17.2. The van der Waals surface area contributed by atoms with Crippen molar-refractivity contribution < 1.29 is 4.74 Å². The number of hydrogen-bond acceptors (Lipinski definition) is 6. The summed E-state index contributed by atoms with van der Waals surface area (Å²) in [6, 6.07) is 19.1. The van der Waals surface area contributed by atoms with E-state index in [0.29, 0.717) is 19.1 Å². The lowest BCUT2D eigenvalue weighted by atomic mass is 10.1. The van der Waals surface area contributed by atoms with Crippen LogP contribution < -0.4 is 21.4 Å². The van der Waals surface area contributed by atoms with Crippen LogP contribution in [0.4, 0.5) is 5.95 Å². The number of hydrogen-bond donors (Lipinski definition) is 2. The average Bonchev–Trinajstić information content (AvgIpc) is 3.16. The summed E-state index contributed by atoms with van der Waals surface area (Å²) in [4.78, 5) is 31.3. The fraction of sp³-hybridized carbons (Fsp3) is 0.182. The second-order valence-electron chi connectivity index (χ2n) is 6.91. The second-order valence-corrected chi connectivity index (χ2v) is 6.91. The third-order valence-electron chi connectivity index (χ3n) is 4.85. The molecule has 2 aromatic heterocycles. The van der Waals surface area contributed by atoms with E-state index in [2.05, 4.69) is 20.5 Å². The summed E-state index contributed by atoms with van der Waals surface area (Å²) in [5.74, 6) is 1.06. The van der Waals surface area contributed by atoms with Crippen molar-refractivity contribution in [2.75, 3.05) is 12.0 Å². The highest BCUT2D eigenvalue weighted by molar-refractivity contribution is 5.99. The number of para-hydroxylation sites is 1. The predicted molar refractivity (Wildman–Crippen MR) is 120 cm³/mol. The molecule has 0 saturated heterocycles. The van der Waals surface area contributed by atoms with Crippen LogP contribution in [0.1, 0.15) is 12.5 Å². The second kappa shape index (κ2) is 8.70. The van der Waals surface area contributed by atoms with Crippen LogP contribution in [0.15, 0.2) is 75.4 Å². The molecule has 0 amide bonds. The van der Waals surface area contributed by atoms with Crippen molar-refractivity contribution >= 4 is 22.8 Å². The Bertz CT molecular complexity index is 1340. The molecule has 4 rings (SSSR count). The lowest BCUT2D eigenvalue weighted by molar-refractivity contribution is 0.301. The van der Waals surface area contributed by atoms with Crippen molar-refractivity contribution in [2.24, 2.45) is 12.1 Å². The molecule has 0 fully saturated rings. The highest BCUT2D eigenvalue weighted by Crippen LogP contribution is 2.16. The molecule has 0 bridgehead atoms. The van der Waals surface area contributed by atoms with E-state index < -0.39 is 11.2 Å². The van der Waals surface area contributed by atoms with Crippen LogP contribution in [0.2, 0.25) is 0 Å². The van der Waals surface area contributed by atoms with Gasteiger partial charge in [0.25, 0.3) is 5.56 Å². The first-order valence-corrected chi connectivity index (χ1v) is 9.77. The third kappa shape index (κ3) is 4.25. The van der Waals surface area contributed by atoms with E-state index in [4.69, 9.17) is 4.74 Å². The van der Waals surface area contributed by atoms with E-state index in [-0.39, 0.29) is 11.2 Å². The van der Waals surface area contributed by atoms with E-state index in [1.165, 1.54) is 4.57 Å². The van der Waals surface area contributed by atoms with Gasteiger partial charge in [0.15, 0.2) is 11.2 Å². The maximum atomic E-state index is 12.5. The van der Waals surface area contributed by atoms with Gasteiger partial charge in [-0.2, -0.15) is 10.1 Å². The molecule has 0 unspecified atom stereocenters. The minimum atomic E-state index is -0.529. The Morgan fingerprint density at radius 2 is 1.77 bits per heavy atom. The van der Waals surface area contributed by atoms with Crippen molar-refractivity contribution in [1.82, 2.24) is 19.1 Å². The molecule has 9 heteroatoms. The fourth-order valence-electron chi connectivity index (χ4n) is 3.19. The Balaban J connectivity index is 1.68. The van der Waals surface area contributed by atoms with E-state index in [0.717, 1.165) is 17.0 Å². The van der Waals surface area contributed by atoms with Crippen molar-refractivity contribution in [3.63, 3.8) is 0 Å². The first-order valence-electron chi connectivity index (χ1n) is 9.77. The van der Waals surface area contributed by atoms with Crippen molar-refractivity contribution in [2.45, 2.75) is 13.5 Å². The van der Waals surface area contributed by atoms with Crippen LogP contribution in [0.5, 0.6) is 5.75 Å². The molecule has 0 radical (unpaired) electrons. The Kier molecular flexibility index (Phi) is 5.65. The minimum absolute atomic E-state index is 0.267. The largest absolute Gasteiger partial charge is 0.492 e. The number of imidazole rings is 1. The Hall–Kier alpha value is -4.14. The summed E-state index contributed by atoms with van der Waals surface area (Å²) in [6.07, 6.45) is 0. The van der Waals surface area contributed by atoms with Gasteiger partial charge in [-0.15, -0.1) is 0 Å². The Morgan fingerprint density at radius 3 is 2.48 bits per heavy atom. The number of nitrogens with zero attached hydrogens (tertiary/aromatic N) is 4. The van der Waals surface area contributed by atoms with Crippen LogP contribution >= 0.6 is 0 Å². The molecule has 0 saturated carbocycles.